The molecule has 0 radical (unpaired) electrons. The van der Waals surface area contributed by atoms with Crippen molar-refractivity contribution in [1.82, 2.24) is 29.3 Å². The number of nitrogens with zero attached hydrogens (tertiary/aromatic N) is 8. The molecule has 12 rings (SSSR count). The summed E-state index contributed by atoms with van der Waals surface area (Å²) in [5, 5.41) is 24.3. The molecule has 3 saturated heterocycles. The molecule has 412 valence electrons. The third kappa shape index (κ3) is 8.36. The van der Waals surface area contributed by atoms with Crippen LogP contribution in [0.4, 0.5) is 38.9 Å². The van der Waals surface area contributed by atoms with Gasteiger partial charge in [-0.25, -0.2) is 32.1 Å². The fourth-order valence-electron chi connectivity index (χ4n) is 12.2. The number of piperazine rings is 1. The Balaban J connectivity index is 0.766. The molecule has 0 bridgehead atoms. The van der Waals surface area contributed by atoms with Crippen molar-refractivity contribution in [2.75, 3.05) is 55.3 Å². The standard InChI is InChI=1S/C56H49ClF4N10O8S/c1-5-56(76)35-16-41-45-29(21-71(41)51(73)34(35)23-77-52(56)74)13-28-14-40(38(60)17-39(28)64-45)65-54(75)79-27(4)26(3)50(72)68-11-12-70(25(2)20-68)49-32-15-36(57)43(31-7-8-37(59)47-42(31)33(19-62)48(63)80-47)44(61)46(32)66-53(67-49)78-24-55-9-6-10-69(55)22-30(58)18-55/h7-8,13-17,25,27,30,76H,3,5-6,9-12,18,20-24,63H2,1-2,4H3,(H,65,75)/t25-,27?,30+,55-,56-/m0/s1. The predicted molar refractivity (Wildman–Crippen MR) is 290 cm³/mol. The number of aromatic nitrogens is 4. The molecule has 3 aromatic carbocycles. The number of anilines is 3. The number of carbonyl (C=O) groups excluding carboxylic acids is 3. The lowest BCUT2D eigenvalue weighted by atomic mass is 9.86. The third-order valence-electron chi connectivity index (χ3n) is 16.3. The normalized spacial score (nSPS) is 21.7. The van der Waals surface area contributed by atoms with E-state index >= 15 is 13.2 Å². The first-order chi connectivity index (χ1) is 38.2. The first-order valence-corrected chi connectivity index (χ1v) is 27.1. The first-order valence-electron chi connectivity index (χ1n) is 25.9. The molecule has 3 fully saturated rings. The van der Waals surface area contributed by atoms with Crippen LogP contribution in [0.15, 0.2) is 59.4 Å². The molecule has 9 heterocycles. The van der Waals surface area contributed by atoms with Crippen molar-refractivity contribution < 1.29 is 51.3 Å². The number of pyridine rings is 2. The van der Waals surface area contributed by atoms with E-state index in [0.29, 0.717) is 35.3 Å². The summed E-state index contributed by atoms with van der Waals surface area (Å²) in [4.78, 5) is 73.1. The molecule has 5 aliphatic rings. The van der Waals surface area contributed by atoms with E-state index in [1.165, 1.54) is 34.6 Å². The molecule has 5 atom stereocenters. The van der Waals surface area contributed by atoms with E-state index in [1.807, 2.05) is 17.9 Å². The number of carbonyl (C=O) groups is 3. The van der Waals surface area contributed by atoms with Crippen LogP contribution in [-0.2, 0) is 37.8 Å². The lowest BCUT2D eigenvalue weighted by Crippen LogP contribution is -2.54. The summed E-state index contributed by atoms with van der Waals surface area (Å²) in [5.41, 5.74) is 4.23. The average molecular weight is 1130 g/mol. The molecule has 0 spiro atoms. The van der Waals surface area contributed by atoms with Crippen LogP contribution >= 0.6 is 22.9 Å². The summed E-state index contributed by atoms with van der Waals surface area (Å²) in [6.45, 7) is 9.94. The first kappa shape index (κ1) is 52.8. The highest BCUT2D eigenvalue weighted by atomic mass is 35.5. The van der Waals surface area contributed by atoms with E-state index in [-0.39, 0.29) is 146 Å². The van der Waals surface area contributed by atoms with E-state index < -0.39 is 70.4 Å². The number of rotatable bonds is 10. The Kier molecular flexibility index (Phi) is 12.8. The number of benzene rings is 3. The minimum absolute atomic E-state index is 0.0306. The van der Waals surface area contributed by atoms with Gasteiger partial charge in [0.25, 0.3) is 11.5 Å². The molecule has 2 amide bonds. The van der Waals surface area contributed by atoms with Gasteiger partial charge in [0.1, 0.15) is 59.5 Å². The van der Waals surface area contributed by atoms with Crippen molar-refractivity contribution in [3.63, 3.8) is 0 Å². The molecular formula is C56H49ClF4N10O8S. The molecule has 1 unspecified atom stereocenters. The second-order valence-electron chi connectivity index (χ2n) is 21.0. The second-order valence-corrected chi connectivity index (χ2v) is 22.5. The van der Waals surface area contributed by atoms with Gasteiger partial charge in [0.05, 0.1) is 61.1 Å². The number of ether oxygens (including phenoxy) is 3. The lowest BCUT2D eigenvalue weighted by molar-refractivity contribution is -0.172. The fraction of sp³-hybridized carbons (Fsp3) is 0.357. The Labute approximate surface area is 461 Å². The summed E-state index contributed by atoms with van der Waals surface area (Å²) in [5.74, 6) is -3.59. The number of halogens is 5. The zero-order valence-electron chi connectivity index (χ0n) is 43.2. The van der Waals surface area contributed by atoms with Crippen LogP contribution < -0.4 is 26.2 Å². The molecule has 0 saturated carbocycles. The van der Waals surface area contributed by atoms with Gasteiger partial charge in [-0.15, -0.1) is 11.3 Å². The van der Waals surface area contributed by atoms with Gasteiger partial charge in [0.2, 0.25) is 0 Å². The number of nitriles is 1. The van der Waals surface area contributed by atoms with Crippen molar-refractivity contribution in [2.24, 2.45) is 0 Å². The number of nitrogens with one attached hydrogen (secondary N) is 1. The van der Waals surface area contributed by atoms with Gasteiger partial charge in [0.15, 0.2) is 11.4 Å². The Hall–Kier alpha value is -7.91. The van der Waals surface area contributed by atoms with E-state index in [0.717, 1.165) is 29.9 Å². The maximum atomic E-state index is 17.5. The van der Waals surface area contributed by atoms with E-state index in [1.54, 1.807) is 19.1 Å². The topological polar surface area (TPSA) is 231 Å². The number of thiophene rings is 1. The highest BCUT2D eigenvalue weighted by Gasteiger charge is 2.50. The van der Waals surface area contributed by atoms with Crippen LogP contribution in [0, 0.1) is 28.8 Å². The van der Waals surface area contributed by atoms with Gasteiger partial charge in [-0.2, -0.15) is 15.2 Å². The number of hydrogen-bond acceptors (Lipinski definition) is 16. The van der Waals surface area contributed by atoms with Gasteiger partial charge in [-0.3, -0.25) is 19.8 Å². The van der Waals surface area contributed by atoms with Crippen LogP contribution in [0.5, 0.6) is 6.01 Å². The summed E-state index contributed by atoms with van der Waals surface area (Å²) in [6.07, 6.45) is -1.57. The maximum Gasteiger partial charge on any atom is 0.412 e. The number of cyclic esters (lactones) is 1. The molecule has 5 aliphatic heterocycles. The fourth-order valence-corrected chi connectivity index (χ4v) is 13.4. The second kappa shape index (κ2) is 19.4. The summed E-state index contributed by atoms with van der Waals surface area (Å²) < 4.78 is 81.7. The Bertz CT molecular complexity index is 4010. The lowest BCUT2D eigenvalue weighted by Gasteiger charge is -2.41. The predicted octanol–water partition coefficient (Wildman–Crippen LogP) is 8.61. The van der Waals surface area contributed by atoms with Crippen molar-refractivity contribution >= 4 is 89.3 Å². The van der Waals surface area contributed by atoms with Crippen LogP contribution in [0.1, 0.15) is 68.7 Å². The number of hydrogen-bond donors (Lipinski definition) is 3. The van der Waals surface area contributed by atoms with Gasteiger partial charge < -0.3 is 39.4 Å². The van der Waals surface area contributed by atoms with Crippen molar-refractivity contribution in [3.8, 4) is 34.6 Å². The van der Waals surface area contributed by atoms with Crippen LogP contribution in [0.25, 0.3) is 54.4 Å². The molecule has 4 N–H and O–H groups in total. The molecular weight excluding hydrogens is 1080 g/mol. The van der Waals surface area contributed by atoms with Gasteiger partial charge in [0, 0.05) is 77.6 Å². The number of esters is 1. The molecule has 4 aromatic heterocycles. The smallest absolute Gasteiger partial charge is 0.412 e. The zero-order valence-corrected chi connectivity index (χ0v) is 44.8. The summed E-state index contributed by atoms with van der Waals surface area (Å²) >= 11 is 7.82. The summed E-state index contributed by atoms with van der Waals surface area (Å²) in [7, 11) is 0. The monoisotopic (exact) mass is 1130 g/mol. The number of nitrogen functional groups attached to an aromatic ring is 1. The highest BCUT2D eigenvalue weighted by Crippen LogP contribution is 2.47. The van der Waals surface area contributed by atoms with Crippen LogP contribution in [-0.4, -0.2) is 116 Å². The Morgan fingerprint density at radius 1 is 1.10 bits per heavy atom. The van der Waals surface area contributed by atoms with Crippen molar-refractivity contribution in [2.45, 2.75) is 89.1 Å². The summed E-state index contributed by atoms with van der Waals surface area (Å²) in [6, 6.07) is 11.0. The molecule has 18 nitrogen and oxygen atoms in total. The third-order valence-corrected chi connectivity index (χ3v) is 17.7. The van der Waals surface area contributed by atoms with Crippen molar-refractivity contribution in [3.05, 3.63) is 110 Å². The number of fused-ring (bicyclic) bond motifs is 8. The Morgan fingerprint density at radius 2 is 1.90 bits per heavy atom. The largest absolute Gasteiger partial charge is 0.461 e. The average Bonchev–Trinajstić information content (AvgIpc) is 4.31. The minimum atomic E-state index is -2.02. The van der Waals surface area contributed by atoms with Gasteiger partial charge in [-0.05, 0) is 75.5 Å². The van der Waals surface area contributed by atoms with Crippen molar-refractivity contribution in [1.29, 1.82) is 5.26 Å². The van der Waals surface area contributed by atoms with E-state index in [9.17, 15) is 33.9 Å². The molecule has 24 heteroatoms. The SMILES string of the molecule is C=C(C(=O)N1CCN(c2nc(OC[C@@]34CCCN3C[C@H](F)C4)nc3c(F)c(-c4ccc(F)c5sc(N)c(C#N)c45)c(Cl)cc23)[C@@H](C)C1)C(C)OC(=O)Nc1cc2cc3c(nc2cc1F)-c1cc2c(c(=O)n1C3)COC(=O)[C@]2(O)CC. The zero-order chi connectivity index (χ0) is 56.4. The molecule has 7 aromatic rings. The van der Waals surface area contributed by atoms with E-state index in [4.69, 9.17) is 36.5 Å². The number of amides is 2. The van der Waals surface area contributed by atoms with Gasteiger partial charge >= 0.3 is 18.1 Å². The van der Waals surface area contributed by atoms with Gasteiger partial charge in [-0.1, -0.05) is 31.2 Å². The van der Waals surface area contributed by atoms with E-state index in [2.05, 4.69) is 26.8 Å². The molecule has 0 aliphatic carbocycles. The number of alkyl halides is 1. The highest BCUT2D eigenvalue weighted by molar-refractivity contribution is 7.23. The van der Waals surface area contributed by atoms with Crippen LogP contribution in [0.2, 0.25) is 5.02 Å². The quantitative estimate of drug-likeness (QED) is 0.0661. The maximum absolute atomic E-state index is 17.5. The molecule has 80 heavy (non-hydrogen) atoms. The van der Waals surface area contributed by atoms with Crippen LogP contribution in [0.3, 0.4) is 0 Å². The Morgan fingerprint density at radius 3 is 2.66 bits per heavy atom. The minimum Gasteiger partial charge on any atom is -0.461 e. The number of aliphatic hydroxyl groups is 1. The number of nitrogens with two attached hydrogens (primary N) is 1.